The molecular weight excluding hydrogens is 375 g/mol. The van der Waals surface area contributed by atoms with Crippen molar-refractivity contribution in [1.29, 1.82) is 0 Å². The Labute approximate surface area is 161 Å². The highest BCUT2D eigenvalue weighted by molar-refractivity contribution is 6.40. The van der Waals surface area contributed by atoms with Gasteiger partial charge in [-0.05, 0) is 31.2 Å². The van der Waals surface area contributed by atoms with Gasteiger partial charge in [-0.25, -0.2) is 4.39 Å². The maximum absolute atomic E-state index is 14.1. The van der Waals surface area contributed by atoms with Crippen LogP contribution in [0.15, 0.2) is 42.5 Å². The summed E-state index contributed by atoms with van der Waals surface area (Å²) in [4.78, 5) is 24.3. The van der Waals surface area contributed by atoms with Crippen LogP contribution in [-0.4, -0.2) is 32.6 Å². The van der Waals surface area contributed by atoms with Crippen LogP contribution in [0.1, 0.15) is 12.5 Å². The second kappa shape index (κ2) is 8.83. The molecule has 6 nitrogen and oxygen atoms in total. The molecule has 0 aromatic heterocycles. The summed E-state index contributed by atoms with van der Waals surface area (Å²) >= 11 is 5.90. The average Bonchev–Trinajstić information content (AvgIpc) is 2.66. The molecule has 27 heavy (non-hydrogen) atoms. The summed E-state index contributed by atoms with van der Waals surface area (Å²) in [6, 6.07) is 10.7. The number of anilines is 1. The van der Waals surface area contributed by atoms with Crippen LogP contribution in [0.5, 0.6) is 5.75 Å². The number of nitrogens with one attached hydrogen (secondary N) is 2. The van der Waals surface area contributed by atoms with E-state index >= 15 is 0 Å². The molecule has 0 bridgehead atoms. The van der Waals surface area contributed by atoms with Gasteiger partial charge in [-0.3, -0.25) is 9.59 Å². The molecule has 0 saturated heterocycles. The van der Waals surface area contributed by atoms with Crippen molar-refractivity contribution in [2.75, 3.05) is 26.1 Å². The maximum Gasteiger partial charge on any atom is 0.313 e. The molecule has 0 aliphatic heterocycles. The van der Waals surface area contributed by atoms with E-state index in [1.54, 1.807) is 37.3 Å². The number of methoxy groups -OCH3 is 2. The van der Waals surface area contributed by atoms with E-state index < -0.39 is 23.2 Å². The molecule has 0 aliphatic rings. The number of halogens is 2. The first kappa shape index (κ1) is 20.7. The van der Waals surface area contributed by atoms with E-state index in [1.165, 1.54) is 26.4 Å². The van der Waals surface area contributed by atoms with Crippen molar-refractivity contribution in [3.05, 3.63) is 58.9 Å². The van der Waals surface area contributed by atoms with Crippen LogP contribution in [0.25, 0.3) is 0 Å². The first-order valence-electron chi connectivity index (χ1n) is 8.03. The quantitative estimate of drug-likeness (QED) is 0.738. The number of hydrogen-bond donors (Lipinski definition) is 2. The van der Waals surface area contributed by atoms with Crippen molar-refractivity contribution in [2.45, 2.75) is 12.5 Å². The fraction of sp³-hybridized carbons (Fsp3) is 0.263. The van der Waals surface area contributed by atoms with Crippen molar-refractivity contribution in [3.63, 3.8) is 0 Å². The highest BCUT2D eigenvalue weighted by atomic mass is 35.5. The first-order valence-corrected chi connectivity index (χ1v) is 8.41. The predicted molar refractivity (Wildman–Crippen MR) is 100 cm³/mol. The van der Waals surface area contributed by atoms with Gasteiger partial charge in [0.05, 0.1) is 19.3 Å². The van der Waals surface area contributed by atoms with Crippen LogP contribution < -0.4 is 15.4 Å². The predicted octanol–water partition coefficient (Wildman–Crippen LogP) is 3.10. The van der Waals surface area contributed by atoms with E-state index in [0.29, 0.717) is 10.8 Å². The molecule has 1 atom stereocenters. The SMILES string of the molecule is COc1ccc(Cl)cc1NC(=O)C(=O)NC[C@@](C)(OC)c1ccccc1F. The minimum atomic E-state index is -1.14. The number of benzene rings is 2. The molecule has 8 heteroatoms. The summed E-state index contributed by atoms with van der Waals surface area (Å²) in [5.74, 6) is -1.93. The zero-order valence-electron chi connectivity index (χ0n) is 15.1. The summed E-state index contributed by atoms with van der Waals surface area (Å²) in [7, 11) is 2.83. The lowest BCUT2D eigenvalue weighted by molar-refractivity contribution is -0.137. The van der Waals surface area contributed by atoms with Gasteiger partial charge in [0.2, 0.25) is 0 Å². The van der Waals surface area contributed by atoms with Crippen LogP contribution in [0.2, 0.25) is 5.02 Å². The Bertz CT molecular complexity index is 846. The van der Waals surface area contributed by atoms with Crippen molar-refractivity contribution in [3.8, 4) is 5.75 Å². The standard InChI is InChI=1S/C19H20ClFN2O4/c1-19(27-3,13-6-4-5-7-14(13)21)11-22-17(24)18(25)23-15-10-12(20)8-9-16(15)26-2/h4-10H,11H2,1-3H3,(H,22,24)(H,23,25)/t19-/m1/s1. The third kappa shape index (κ3) is 4.96. The number of carbonyl (C=O) groups excluding carboxylic acids is 2. The molecule has 2 amide bonds. The van der Waals surface area contributed by atoms with E-state index in [0.717, 1.165) is 0 Å². The fourth-order valence-electron chi connectivity index (χ4n) is 2.45. The number of amides is 2. The van der Waals surface area contributed by atoms with Gasteiger partial charge >= 0.3 is 11.8 Å². The Morgan fingerprint density at radius 1 is 1.15 bits per heavy atom. The zero-order valence-corrected chi connectivity index (χ0v) is 15.9. The summed E-state index contributed by atoms with van der Waals surface area (Å²) in [5, 5.41) is 5.26. The lowest BCUT2D eigenvalue weighted by Gasteiger charge is -2.29. The Hall–Kier alpha value is -2.64. The minimum absolute atomic E-state index is 0.108. The molecule has 0 radical (unpaired) electrons. The van der Waals surface area contributed by atoms with Gasteiger partial charge in [0.1, 0.15) is 17.2 Å². The van der Waals surface area contributed by atoms with E-state index in [2.05, 4.69) is 10.6 Å². The molecule has 0 fully saturated rings. The van der Waals surface area contributed by atoms with Crippen molar-refractivity contribution in [2.24, 2.45) is 0 Å². The van der Waals surface area contributed by atoms with Gasteiger partial charge in [0, 0.05) is 17.7 Å². The minimum Gasteiger partial charge on any atom is -0.495 e. The average molecular weight is 395 g/mol. The van der Waals surface area contributed by atoms with Crippen molar-refractivity contribution in [1.82, 2.24) is 5.32 Å². The number of rotatable bonds is 6. The normalized spacial score (nSPS) is 12.8. The van der Waals surface area contributed by atoms with Crippen LogP contribution >= 0.6 is 11.6 Å². The highest BCUT2D eigenvalue weighted by Gasteiger charge is 2.30. The van der Waals surface area contributed by atoms with Gasteiger partial charge < -0.3 is 20.1 Å². The zero-order chi connectivity index (χ0) is 20.0. The summed E-state index contributed by atoms with van der Waals surface area (Å²) < 4.78 is 24.6. The summed E-state index contributed by atoms with van der Waals surface area (Å²) in [5.41, 5.74) is -0.617. The van der Waals surface area contributed by atoms with Gasteiger partial charge in [-0.1, -0.05) is 29.8 Å². The van der Waals surface area contributed by atoms with Gasteiger partial charge in [-0.2, -0.15) is 0 Å². The maximum atomic E-state index is 14.1. The van der Waals surface area contributed by atoms with E-state index in [1.807, 2.05) is 0 Å². The molecule has 0 saturated carbocycles. The molecule has 2 rings (SSSR count). The second-order valence-corrected chi connectivity index (χ2v) is 6.33. The molecule has 2 aromatic rings. The van der Waals surface area contributed by atoms with Crippen LogP contribution in [0, 0.1) is 5.82 Å². The van der Waals surface area contributed by atoms with Crippen LogP contribution in [-0.2, 0) is 19.9 Å². The molecule has 0 spiro atoms. The Kier molecular flexibility index (Phi) is 6.76. The second-order valence-electron chi connectivity index (χ2n) is 5.90. The Morgan fingerprint density at radius 2 is 1.85 bits per heavy atom. The van der Waals surface area contributed by atoms with Crippen LogP contribution in [0.4, 0.5) is 10.1 Å². The van der Waals surface area contributed by atoms with Gasteiger partial charge in [0.15, 0.2) is 0 Å². The van der Waals surface area contributed by atoms with Gasteiger partial charge in [0.25, 0.3) is 0 Å². The topological polar surface area (TPSA) is 76.7 Å². The van der Waals surface area contributed by atoms with E-state index in [-0.39, 0.29) is 17.8 Å². The van der Waals surface area contributed by atoms with Crippen LogP contribution in [0.3, 0.4) is 0 Å². The molecule has 0 unspecified atom stereocenters. The van der Waals surface area contributed by atoms with E-state index in [4.69, 9.17) is 21.1 Å². The molecule has 2 N–H and O–H groups in total. The first-order chi connectivity index (χ1) is 12.8. The lowest BCUT2D eigenvalue weighted by atomic mass is 9.95. The molecule has 144 valence electrons. The summed E-state index contributed by atoms with van der Waals surface area (Å²) in [6.07, 6.45) is 0. The fourth-order valence-corrected chi connectivity index (χ4v) is 2.63. The number of carbonyl (C=O) groups is 2. The molecule has 0 aliphatic carbocycles. The summed E-state index contributed by atoms with van der Waals surface area (Å²) in [6.45, 7) is 1.51. The Balaban J connectivity index is 2.07. The smallest absolute Gasteiger partial charge is 0.313 e. The monoisotopic (exact) mass is 394 g/mol. The molecule has 0 heterocycles. The lowest BCUT2D eigenvalue weighted by Crippen LogP contribution is -2.44. The third-order valence-corrected chi connectivity index (χ3v) is 4.33. The van der Waals surface area contributed by atoms with Crippen molar-refractivity contribution < 1.29 is 23.5 Å². The Morgan fingerprint density at radius 3 is 2.48 bits per heavy atom. The number of ether oxygens (including phenoxy) is 2. The third-order valence-electron chi connectivity index (χ3n) is 4.10. The molecular formula is C19H20ClFN2O4. The highest BCUT2D eigenvalue weighted by Crippen LogP contribution is 2.28. The van der Waals surface area contributed by atoms with Crippen molar-refractivity contribution >= 4 is 29.1 Å². The van der Waals surface area contributed by atoms with E-state index in [9.17, 15) is 14.0 Å². The largest absolute Gasteiger partial charge is 0.495 e. The van der Waals surface area contributed by atoms with Gasteiger partial charge in [-0.15, -0.1) is 0 Å². The molecule has 2 aromatic carbocycles. The number of hydrogen-bond acceptors (Lipinski definition) is 4.